The smallest absolute Gasteiger partial charge is 0.464 e. The standard InChI is InChI=1S/C59H77BBrN7O11S/c1-13-67-45-24-23-40(60-78-58(8,9)59(10,11)79-60)31-42(45)43(49(67)41-21-17-27-62-47(41)37(2)73-12)32-57(6,7)36-76-53(70)44-22-18-28-68(65-44)52(69)48(64-54(71)77-56(3,4)5)50(51-63-46(61)35-80-51)74-33-39-25-29-66(30-26-39)55(72)75-34-38-19-15-14-16-20-38/h14-17,19-21,23-25,27,31,35,37,44,48,50,65H,13,18,22,26,28-30,32-34,36H2,1-12H3,(H,64,71)/t37-,44-,48-,50-/m0/s1. The number of aromatic nitrogens is 3. The van der Waals surface area contributed by atoms with Crippen LogP contribution in [-0.4, -0.2) is 124 Å². The number of nitrogens with one attached hydrogen (secondary N) is 2. The van der Waals surface area contributed by atoms with Gasteiger partial charge in [0.1, 0.15) is 40.0 Å². The molecule has 2 saturated heterocycles. The number of hydrogen-bond donors (Lipinski definition) is 2. The van der Waals surface area contributed by atoms with Crippen LogP contribution in [0, 0.1) is 5.41 Å². The van der Waals surface area contributed by atoms with E-state index in [1.165, 1.54) is 16.3 Å². The lowest BCUT2D eigenvalue weighted by Gasteiger charge is -2.37. The highest BCUT2D eigenvalue weighted by Gasteiger charge is 2.52. The second kappa shape index (κ2) is 25.2. The van der Waals surface area contributed by atoms with Gasteiger partial charge in [-0.2, -0.15) is 0 Å². The fourth-order valence-corrected chi connectivity index (χ4v) is 11.4. The van der Waals surface area contributed by atoms with Gasteiger partial charge in [0, 0.05) is 66.7 Å². The molecular formula is C59H77BBrN7O11S. The van der Waals surface area contributed by atoms with Crippen LogP contribution in [-0.2, 0) is 62.2 Å². The summed E-state index contributed by atoms with van der Waals surface area (Å²) in [6, 6.07) is 17.6. The van der Waals surface area contributed by atoms with Gasteiger partial charge in [0.25, 0.3) is 5.91 Å². The maximum atomic E-state index is 15.0. The summed E-state index contributed by atoms with van der Waals surface area (Å²) in [7, 11) is 1.10. The average molecular weight is 1180 g/mol. The number of ether oxygens (including phenoxy) is 5. The Morgan fingerprint density at radius 3 is 2.36 bits per heavy atom. The predicted octanol–water partition coefficient (Wildman–Crippen LogP) is 10.2. The van der Waals surface area contributed by atoms with Gasteiger partial charge in [-0.15, -0.1) is 11.3 Å². The number of esters is 1. The molecule has 4 atom stereocenters. The van der Waals surface area contributed by atoms with Crippen LogP contribution in [0.2, 0.25) is 0 Å². The molecule has 0 unspecified atom stereocenters. The van der Waals surface area contributed by atoms with Crippen molar-refractivity contribution >= 4 is 74.8 Å². The van der Waals surface area contributed by atoms with E-state index in [2.05, 4.69) is 81.3 Å². The van der Waals surface area contributed by atoms with Crippen LogP contribution < -0.4 is 16.2 Å². The number of hydrogen-bond acceptors (Lipinski definition) is 15. The number of nitrogens with zero attached hydrogens (tertiary/aromatic N) is 5. The predicted molar refractivity (Wildman–Crippen MR) is 311 cm³/mol. The molecule has 0 aliphatic carbocycles. The fraction of sp³-hybridized carbons (Fsp3) is 0.525. The molecule has 2 aromatic carbocycles. The highest BCUT2D eigenvalue weighted by Crippen LogP contribution is 2.42. The lowest BCUT2D eigenvalue weighted by Crippen LogP contribution is -2.61. The van der Waals surface area contributed by atoms with Crippen LogP contribution in [0.15, 0.2) is 88.5 Å². The highest BCUT2D eigenvalue weighted by atomic mass is 79.9. The lowest BCUT2D eigenvalue weighted by molar-refractivity contribution is -0.156. The molecule has 3 aliphatic rings. The molecule has 80 heavy (non-hydrogen) atoms. The van der Waals surface area contributed by atoms with Gasteiger partial charge in [-0.05, 0) is 144 Å². The third-order valence-corrected chi connectivity index (χ3v) is 16.7. The first-order chi connectivity index (χ1) is 37.9. The molecular weight excluding hydrogens is 1110 g/mol. The second-order valence-corrected chi connectivity index (χ2v) is 25.2. The largest absolute Gasteiger partial charge is 0.494 e. The van der Waals surface area contributed by atoms with E-state index in [9.17, 15) is 14.4 Å². The van der Waals surface area contributed by atoms with Gasteiger partial charge in [-0.3, -0.25) is 19.6 Å². The minimum atomic E-state index is -1.35. The first-order valence-electron chi connectivity index (χ1n) is 27.5. The van der Waals surface area contributed by atoms with E-state index in [4.69, 9.17) is 38.0 Å². The summed E-state index contributed by atoms with van der Waals surface area (Å²) in [5, 5.41) is 7.38. The van der Waals surface area contributed by atoms with Crippen molar-refractivity contribution in [3.63, 3.8) is 0 Å². The molecule has 0 saturated carbocycles. The Bertz CT molecular complexity index is 3030. The summed E-state index contributed by atoms with van der Waals surface area (Å²) in [5.41, 5.74) is 8.13. The Kier molecular flexibility index (Phi) is 19.0. The molecule has 6 heterocycles. The second-order valence-electron chi connectivity index (χ2n) is 23.5. The van der Waals surface area contributed by atoms with Gasteiger partial charge >= 0.3 is 25.3 Å². The molecule has 21 heteroatoms. The Morgan fingerprint density at radius 1 is 0.975 bits per heavy atom. The molecule has 0 bridgehead atoms. The SMILES string of the molecule is CCn1c(-c2cccnc2[C@H](C)OC)c(CC(C)(C)COC(=O)[C@@H]2CCCN(C(=O)[C@@H](NC(=O)OC(C)(C)C)[C@H](OCC3=CCN(C(=O)OCc4ccccc4)CC3)c3nc(Br)cs3)N2)c2cc(B3OC(C)(C)C(C)(C)O3)ccc21. The molecule has 8 rings (SSSR count). The molecule has 5 aromatic rings. The van der Waals surface area contributed by atoms with E-state index in [-0.39, 0.29) is 32.5 Å². The summed E-state index contributed by atoms with van der Waals surface area (Å²) in [4.78, 5) is 67.0. The first-order valence-corrected chi connectivity index (χ1v) is 29.1. The molecule has 3 amide bonds. The van der Waals surface area contributed by atoms with Crippen LogP contribution >= 0.6 is 27.3 Å². The molecule has 18 nitrogen and oxygen atoms in total. The van der Waals surface area contributed by atoms with Crippen molar-refractivity contribution in [3.05, 3.63) is 110 Å². The van der Waals surface area contributed by atoms with E-state index >= 15 is 4.79 Å². The van der Waals surface area contributed by atoms with Crippen LogP contribution in [0.3, 0.4) is 0 Å². The Labute approximate surface area is 482 Å². The van der Waals surface area contributed by atoms with Crippen molar-refractivity contribution in [3.8, 4) is 11.3 Å². The van der Waals surface area contributed by atoms with Crippen molar-refractivity contribution in [2.75, 3.05) is 40.0 Å². The number of amides is 3. The fourth-order valence-electron chi connectivity index (χ4n) is 10.0. The van der Waals surface area contributed by atoms with Gasteiger partial charge in [0.15, 0.2) is 0 Å². The topological polar surface area (TPSA) is 194 Å². The normalized spacial score (nSPS) is 18.6. The van der Waals surface area contributed by atoms with Gasteiger partial charge < -0.3 is 47.8 Å². The molecule has 0 spiro atoms. The maximum Gasteiger partial charge on any atom is 0.494 e. The summed E-state index contributed by atoms with van der Waals surface area (Å²) in [6.07, 6.45) is 2.91. The van der Waals surface area contributed by atoms with Crippen LogP contribution in [0.25, 0.3) is 22.2 Å². The van der Waals surface area contributed by atoms with Crippen LogP contribution in [0.1, 0.15) is 129 Å². The summed E-state index contributed by atoms with van der Waals surface area (Å²) in [6.45, 7) is 23.5. The van der Waals surface area contributed by atoms with Crippen LogP contribution in [0.5, 0.6) is 0 Å². The number of rotatable bonds is 19. The Hall–Kier alpha value is -5.68. The maximum absolute atomic E-state index is 15.0. The van der Waals surface area contributed by atoms with E-state index < -0.39 is 71.6 Å². The number of thiazole rings is 1. The number of benzene rings is 2. The number of pyridine rings is 1. The lowest BCUT2D eigenvalue weighted by atomic mass is 9.77. The zero-order valence-electron chi connectivity index (χ0n) is 48.2. The van der Waals surface area contributed by atoms with Crippen molar-refractivity contribution < 1.29 is 52.2 Å². The van der Waals surface area contributed by atoms with E-state index in [1.54, 1.807) is 44.4 Å². The van der Waals surface area contributed by atoms with E-state index in [0.717, 1.165) is 50.0 Å². The zero-order chi connectivity index (χ0) is 57.7. The minimum absolute atomic E-state index is 0.0572. The van der Waals surface area contributed by atoms with Crippen molar-refractivity contribution in [2.45, 2.75) is 156 Å². The van der Waals surface area contributed by atoms with Crippen molar-refractivity contribution in [2.24, 2.45) is 5.41 Å². The molecule has 2 fully saturated rings. The highest BCUT2D eigenvalue weighted by molar-refractivity contribution is 9.10. The van der Waals surface area contributed by atoms with Gasteiger partial charge in [0.05, 0.1) is 41.9 Å². The van der Waals surface area contributed by atoms with E-state index in [1.807, 2.05) is 77.1 Å². The third kappa shape index (κ3) is 14.3. The molecule has 430 valence electrons. The number of aryl methyl sites for hydroxylation is 1. The quantitative estimate of drug-likeness (QED) is 0.0343. The van der Waals surface area contributed by atoms with E-state index in [0.29, 0.717) is 54.9 Å². The summed E-state index contributed by atoms with van der Waals surface area (Å²) < 4.78 is 45.9. The number of alkyl carbamates (subject to hydrolysis) is 1. The van der Waals surface area contributed by atoms with Gasteiger partial charge in [0.2, 0.25) is 0 Å². The number of methoxy groups -OCH3 is 1. The van der Waals surface area contributed by atoms with Gasteiger partial charge in [-0.1, -0.05) is 62.4 Å². The zero-order valence-corrected chi connectivity index (χ0v) is 50.6. The number of carbonyl (C=O) groups is 4. The average Bonchev–Trinajstić information content (AvgIpc) is 4.07. The number of halogens is 1. The molecule has 3 aromatic heterocycles. The third-order valence-electron chi connectivity index (χ3n) is 15.1. The minimum Gasteiger partial charge on any atom is -0.464 e. The number of carbonyl (C=O) groups excluding carboxylic acids is 4. The Morgan fingerprint density at radius 2 is 1.71 bits per heavy atom. The first kappa shape index (κ1) is 60.4. The summed E-state index contributed by atoms with van der Waals surface area (Å²) in [5.74, 6) is -1.08. The van der Waals surface area contributed by atoms with Crippen LogP contribution in [0.4, 0.5) is 9.59 Å². The monoisotopic (exact) mass is 1180 g/mol. The Balaban J connectivity index is 1.00. The number of hydrazine groups is 1. The molecule has 0 radical (unpaired) electrons. The summed E-state index contributed by atoms with van der Waals surface area (Å²) >= 11 is 4.72. The molecule has 2 N–H and O–H groups in total. The van der Waals surface area contributed by atoms with Crippen molar-refractivity contribution in [1.82, 2.24) is 35.2 Å². The molecule has 3 aliphatic heterocycles. The number of fused-ring (bicyclic) bond motifs is 1. The van der Waals surface area contributed by atoms with Gasteiger partial charge in [-0.25, -0.2) is 20.0 Å². The van der Waals surface area contributed by atoms with Crippen molar-refractivity contribution in [1.29, 1.82) is 0 Å².